The van der Waals surface area contributed by atoms with E-state index in [1.165, 1.54) is 0 Å². The molecule has 0 atom stereocenters. The lowest BCUT2D eigenvalue weighted by atomic mass is 10.2. The zero-order valence-electron chi connectivity index (χ0n) is 16.3. The molecule has 2 aromatic rings. The molecule has 0 fully saturated rings. The second-order valence-corrected chi connectivity index (χ2v) is 12.8. The van der Waals surface area contributed by atoms with Crippen molar-refractivity contribution in [2.24, 2.45) is 0 Å². The predicted molar refractivity (Wildman–Crippen MR) is 106 cm³/mol. The van der Waals surface area contributed by atoms with E-state index in [1.807, 2.05) is 0 Å². The third-order valence-corrected chi connectivity index (χ3v) is 5.75. The van der Waals surface area contributed by atoms with Gasteiger partial charge < -0.3 is 18.8 Å². The molecule has 0 aliphatic heterocycles. The minimum Gasteiger partial charge on any atom is -0.479 e. The standard InChI is InChI=1S/C19H28N2O4Si/c1-7-14-12-20-18(23-3)17-15(14)11-16(19(22)25-8-2)21(17)13-24-9-10-26(4,5)6/h7,11-12H,1,8-10,13H2,2-6H3. The maximum absolute atomic E-state index is 12.4. The number of pyridine rings is 1. The van der Waals surface area contributed by atoms with Gasteiger partial charge in [-0.2, -0.15) is 0 Å². The van der Waals surface area contributed by atoms with Crippen molar-refractivity contribution in [3.8, 4) is 5.88 Å². The van der Waals surface area contributed by atoms with Gasteiger partial charge in [-0.05, 0) is 19.0 Å². The smallest absolute Gasteiger partial charge is 0.355 e. The molecule has 0 saturated heterocycles. The molecule has 0 unspecified atom stereocenters. The Morgan fingerprint density at radius 2 is 2.12 bits per heavy atom. The minimum absolute atomic E-state index is 0.237. The van der Waals surface area contributed by atoms with Crippen molar-refractivity contribution < 1.29 is 19.0 Å². The summed E-state index contributed by atoms with van der Waals surface area (Å²) in [6.07, 6.45) is 3.39. The van der Waals surface area contributed by atoms with Gasteiger partial charge in [0.05, 0.1) is 13.7 Å². The monoisotopic (exact) mass is 376 g/mol. The summed E-state index contributed by atoms with van der Waals surface area (Å²) in [6.45, 7) is 13.7. The van der Waals surface area contributed by atoms with Gasteiger partial charge >= 0.3 is 5.97 Å². The molecule has 7 heteroatoms. The number of carbonyl (C=O) groups excluding carboxylic acids is 1. The molecular weight excluding hydrogens is 348 g/mol. The number of nitrogens with zero attached hydrogens (tertiary/aromatic N) is 2. The SMILES string of the molecule is C=Cc1cnc(OC)c2c1cc(C(=O)OCC)n2COCC[Si](C)(C)C. The van der Waals surface area contributed by atoms with E-state index in [0.29, 0.717) is 30.3 Å². The van der Waals surface area contributed by atoms with Crippen LogP contribution in [-0.4, -0.2) is 43.9 Å². The number of carbonyl (C=O) groups is 1. The van der Waals surface area contributed by atoms with Crippen molar-refractivity contribution in [1.29, 1.82) is 0 Å². The van der Waals surface area contributed by atoms with Crippen LogP contribution < -0.4 is 4.74 Å². The number of aromatic nitrogens is 2. The molecule has 0 amide bonds. The summed E-state index contributed by atoms with van der Waals surface area (Å²) in [7, 11) is 0.369. The van der Waals surface area contributed by atoms with Crippen molar-refractivity contribution in [3.63, 3.8) is 0 Å². The first-order chi connectivity index (χ1) is 12.3. The van der Waals surface area contributed by atoms with Crippen LogP contribution in [0.25, 0.3) is 17.0 Å². The molecule has 0 aliphatic rings. The number of esters is 1. The van der Waals surface area contributed by atoms with Gasteiger partial charge in [-0.15, -0.1) is 0 Å². The zero-order chi connectivity index (χ0) is 19.3. The van der Waals surface area contributed by atoms with Gasteiger partial charge in [-0.3, -0.25) is 0 Å². The molecule has 2 heterocycles. The highest BCUT2D eigenvalue weighted by Crippen LogP contribution is 2.31. The Labute approximate surface area is 155 Å². The van der Waals surface area contributed by atoms with Gasteiger partial charge in [0.15, 0.2) is 0 Å². The normalized spacial score (nSPS) is 11.6. The van der Waals surface area contributed by atoms with E-state index in [1.54, 1.807) is 36.9 Å². The van der Waals surface area contributed by atoms with Crippen LogP contribution in [0.5, 0.6) is 5.88 Å². The maximum atomic E-state index is 12.4. The second-order valence-electron chi connectivity index (χ2n) is 7.22. The van der Waals surface area contributed by atoms with Crippen LogP contribution in [0.1, 0.15) is 23.0 Å². The number of hydrogen-bond donors (Lipinski definition) is 0. The predicted octanol–water partition coefficient (Wildman–Crippen LogP) is 4.18. The zero-order valence-corrected chi connectivity index (χ0v) is 17.3. The highest BCUT2D eigenvalue weighted by atomic mass is 28.3. The van der Waals surface area contributed by atoms with E-state index in [2.05, 4.69) is 31.2 Å². The fraction of sp³-hybridized carbons (Fsp3) is 0.474. The summed E-state index contributed by atoms with van der Waals surface area (Å²) in [4.78, 5) is 16.8. The Bertz CT molecular complexity index is 793. The molecule has 142 valence electrons. The molecule has 0 radical (unpaired) electrons. The van der Waals surface area contributed by atoms with E-state index in [9.17, 15) is 4.79 Å². The molecule has 0 aliphatic carbocycles. The number of hydrogen-bond acceptors (Lipinski definition) is 5. The van der Waals surface area contributed by atoms with Crippen LogP contribution in [0.3, 0.4) is 0 Å². The van der Waals surface area contributed by atoms with Gasteiger partial charge in [-0.25, -0.2) is 9.78 Å². The third kappa shape index (κ3) is 4.53. The third-order valence-electron chi connectivity index (χ3n) is 4.05. The fourth-order valence-electron chi connectivity index (χ4n) is 2.61. The Kier molecular flexibility index (Phi) is 6.61. The topological polar surface area (TPSA) is 62.6 Å². The highest BCUT2D eigenvalue weighted by Gasteiger charge is 2.22. The second kappa shape index (κ2) is 8.51. The van der Waals surface area contributed by atoms with E-state index in [0.717, 1.165) is 17.0 Å². The molecule has 0 N–H and O–H groups in total. The van der Waals surface area contributed by atoms with Gasteiger partial charge in [0, 0.05) is 31.8 Å². The summed E-state index contributed by atoms with van der Waals surface area (Å²) >= 11 is 0. The van der Waals surface area contributed by atoms with Gasteiger partial charge in [0.25, 0.3) is 0 Å². The first-order valence-corrected chi connectivity index (χ1v) is 12.5. The van der Waals surface area contributed by atoms with Gasteiger partial charge in [0.1, 0.15) is 17.9 Å². The minimum atomic E-state index is -1.19. The quantitative estimate of drug-likeness (QED) is 0.373. The largest absolute Gasteiger partial charge is 0.479 e. The molecule has 0 aromatic carbocycles. The summed E-state index contributed by atoms with van der Waals surface area (Å²) in [5.74, 6) is 0.0458. The van der Waals surface area contributed by atoms with Crippen LogP contribution in [-0.2, 0) is 16.2 Å². The van der Waals surface area contributed by atoms with E-state index >= 15 is 0 Å². The van der Waals surface area contributed by atoms with E-state index in [4.69, 9.17) is 14.2 Å². The Balaban J connectivity index is 2.47. The highest BCUT2D eigenvalue weighted by molar-refractivity contribution is 6.76. The molecule has 2 aromatic heterocycles. The van der Waals surface area contributed by atoms with E-state index < -0.39 is 14.0 Å². The fourth-order valence-corrected chi connectivity index (χ4v) is 3.37. The van der Waals surface area contributed by atoms with Crippen molar-refractivity contribution in [2.75, 3.05) is 20.3 Å². The van der Waals surface area contributed by atoms with Gasteiger partial charge in [-0.1, -0.05) is 32.3 Å². The average molecular weight is 377 g/mol. The summed E-state index contributed by atoms with van der Waals surface area (Å²) in [5.41, 5.74) is 1.96. The van der Waals surface area contributed by atoms with Crippen molar-refractivity contribution >= 4 is 31.0 Å². The number of rotatable bonds is 9. The molecule has 0 spiro atoms. The molecule has 2 rings (SSSR count). The maximum Gasteiger partial charge on any atom is 0.355 e. The van der Waals surface area contributed by atoms with Crippen molar-refractivity contribution in [2.45, 2.75) is 39.3 Å². The lowest BCUT2D eigenvalue weighted by Gasteiger charge is -2.17. The first kappa shape index (κ1) is 20.2. The Morgan fingerprint density at radius 3 is 2.69 bits per heavy atom. The van der Waals surface area contributed by atoms with Crippen LogP contribution in [0.15, 0.2) is 18.8 Å². The number of fused-ring (bicyclic) bond motifs is 1. The molecule has 6 nitrogen and oxygen atoms in total. The van der Waals surface area contributed by atoms with Crippen LogP contribution in [0, 0.1) is 0 Å². The van der Waals surface area contributed by atoms with Crippen LogP contribution in [0.2, 0.25) is 25.7 Å². The molecule has 26 heavy (non-hydrogen) atoms. The first-order valence-electron chi connectivity index (χ1n) is 8.76. The average Bonchev–Trinajstić information content (AvgIpc) is 2.97. The number of ether oxygens (including phenoxy) is 3. The summed E-state index contributed by atoms with van der Waals surface area (Å²) < 4.78 is 18.3. The lowest BCUT2D eigenvalue weighted by molar-refractivity contribution is 0.0477. The Hall–Kier alpha value is -2.12. The summed E-state index contributed by atoms with van der Waals surface area (Å²) in [5, 5.41) is 0.837. The lowest BCUT2D eigenvalue weighted by Crippen LogP contribution is -2.22. The van der Waals surface area contributed by atoms with Crippen molar-refractivity contribution in [3.05, 3.63) is 30.1 Å². The molecule has 0 bridgehead atoms. The van der Waals surface area contributed by atoms with E-state index in [-0.39, 0.29) is 6.73 Å². The van der Waals surface area contributed by atoms with Crippen molar-refractivity contribution in [1.82, 2.24) is 9.55 Å². The van der Waals surface area contributed by atoms with Crippen LogP contribution >= 0.6 is 0 Å². The van der Waals surface area contributed by atoms with Crippen LogP contribution in [0.4, 0.5) is 0 Å². The Morgan fingerprint density at radius 1 is 1.38 bits per heavy atom. The molecular formula is C19H28N2O4Si. The summed E-state index contributed by atoms with van der Waals surface area (Å²) in [6, 6.07) is 2.84. The van der Waals surface area contributed by atoms with Gasteiger partial charge in [0.2, 0.25) is 5.88 Å². The molecule has 0 saturated carbocycles. The number of methoxy groups -OCH3 is 1.